The summed E-state index contributed by atoms with van der Waals surface area (Å²) in [7, 11) is 0. The molecule has 0 atom stereocenters. The van der Waals surface area contributed by atoms with Gasteiger partial charge in [-0.3, -0.25) is 9.59 Å². The number of nitrogens with one attached hydrogen (secondary N) is 1. The van der Waals surface area contributed by atoms with Crippen molar-refractivity contribution < 1.29 is 9.90 Å². The number of aromatic amines is 1. The predicted molar refractivity (Wildman–Crippen MR) is 79.0 cm³/mol. The van der Waals surface area contributed by atoms with E-state index in [2.05, 4.69) is 9.97 Å². The van der Waals surface area contributed by atoms with Gasteiger partial charge in [0.25, 0.3) is 5.56 Å². The lowest BCUT2D eigenvalue weighted by molar-refractivity contribution is -0.163. The molecule has 1 aliphatic heterocycles. The van der Waals surface area contributed by atoms with Crippen LogP contribution in [0.1, 0.15) is 37.4 Å². The Bertz CT molecular complexity index is 601. The molecule has 0 aromatic carbocycles. The van der Waals surface area contributed by atoms with Crippen LogP contribution in [-0.2, 0) is 11.2 Å². The van der Waals surface area contributed by atoms with Gasteiger partial charge in [0.15, 0.2) is 0 Å². The number of carbonyl (C=O) groups is 1. The van der Waals surface area contributed by atoms with Gasteiger partial charge in [-0.1, -0.05) is 13.8 Å². The number of carbonyl (C=O) groups excluding carboxylic acids is 1. The monoisotopic (exact) mass is 293 g/mol. The summed E-state index contributed by atoms with van der Waals surface area (Å²) in [5, 5.41) is 10.2. The van der Waals surface area contributed by atoms with Gasteiger partial charge in [0.05, 0.1) is 13.1 Å². The molecule has 21 heavy (non-hydrogen) atoms. The number of rotatable bonds is 4. The summed E-state index contributed by atoms with van der Waals surface area (Å²) in [4.78, 5) is 32.5. The van der Waals surface area contributed by atoms with Gasteiger partial charge in [-0.15, -0.1) is 0 Å². The van der Waals surface area contributed by atoms with Crippen LogP contribution in [0.5, 0.6) is 0 Å². The second kappa shape index (κ2) is 5.60. The van der Waals surface area contributed by atoms with Gasteiger partial charge in [0, 0.05) is 17.7 Å². The molecule has 0 saturated carbocycles. The van der Waals surface area contributed by atoms with Crippen molar-refractivity contribution in [2.75, 3.05) is 13.1 Å². The third-order valence-corrected chi connectivity index (χ3v) is 4.29. The summed E-state index contributed by atoms with van der Waals surface area (Å²) in [5.41, 5.74) is 0.309. The number of likely N-dealkylation sites (tertiary alicyclic amines) is 1. The summed E-state index contributed by atoms with van der Waals surface area (Å²) in [6, 6.07) is 0. The van der Waals surface area contributed by atoms with Gasteiger partial charge in [0.1, 0.15) is 11.4 Å². The Morgan fingerprint density at radius 2 is 2.05 bits per heavy atom. The fraction of sp³-hybridized carbons (Fsp3) is 0.667. The molecule has 2 heterocycles. The standard InChI is InChI=1S/C15H23N3O3/c1-9(2)15(21)7-18(8-15)13(19)6-5-12-10(3)16-11(4)17-14(12)20/h9,21H,5-8H2,1-4H3,(H,16,17,20). The number of aromatic nitrogens is 2. The molecule has 2 rings (SSSR count). The van der Waals surface area contributed by atoms with Crippen molar-refractivity contribution in [3.63, 3.8) is 0 Å². The van der Waals surface area contributed by atoms with Crippen molar-refractivity contribution in [1.82, 2.24) is 14.9 Å². The molecule has 0 unspecified atom stereocenters. The third-order valence-electron chi connectivity index (χ3n) is 4.29. The van der Waals surface area contributed by atoms with E-state index in [4.69, 9.17) is 0 Å². The minimum atomic E-state index is -0.755. The highest BCUT2D eigenvalue weighted by molar-refractivity contribution is 5.77. The molecule has 6 heteroatoms. The number of H-pyrrole nitrogens is 1. The first kappa shape index (κ1) is 15.7. The quantitative estimate of drug-likeness (QED) is 0.849. The van der Waals surface area contributed by atoms with E-state index >= 15 is 0 Å². The normalized spacial score (nSPS) is 17.0. The van der Waals surface area contributed by atoms with Gasteiger partial charge in [-0.2, -0.15) is 0 Å². The molecule has 1 fully saturated rings. The highest BCUT2D eigenvalue weighted by Gasteiger charge is 2.45. The third kappa shape index (κ3) is 3.15. The first-order valence-electron chi connectivity index (χ1n) is 7.29. The van der Waals surface area contributed by atoms with Crippen LogP contribution in [0.4, 0.5) is 0 Å². The fourth-order valence-corrected chi connectivity index (χ4v) is 2.59. The van der Waals surface area contributed by atoms with E-state index in [-0.39, 0.29) is 23.8 Å². The van der Waals surface area contributed by atoms with Crippen molar-refractivity contribution in [3.05, 3.63) is 27.4 Å². The van der Waals surface area contributed by atoms with Crippen molar-refractivity contribution in [3.8, 4) is 0 Å². The highest BCUT2D eigenvalue weighted by Crippen LogP contribution is 2.29. The fourth-order valence-electron chi connectivity index (χ4n) is 2.59. The molecule has 1 aliphatic rings. The SMILES string of the molecule is Cc1nc(C)c(CCC(=O)N2CC(O)(C(C)C)C2)c(=O)[nH]1. The molecule has 1 aromatic rings. The molecule has 2 N–H and O–H groups in total. The Balaban J connectivity index is 1.93. The zero-order chi connectivity index (χ0) is 15.8. The number of nitrogens with zero attached hydrogens (tertiary/aromatic N) is 2. The molecule has 1 aromatic heterocycles. The highest BCUT2D eigenvalue weighted by atomic mass is 16.3. The first-order valence-corrected chi connectivity index (χ1v) is 7.29. The molecule has 0 bridgehead atoms. The molecule has 1 amide bonds. The second-order valence-electron chi connectivity index (χ2n) is 6.22. The average molecular weight is 293 g/mol. The van der Waals surface area contributed by atoms with Crippen molar-refractivity contribution in [1.29, 1.82) is 0 Å². The largest absolute Gasteiger partial charge is 0.386 e. The maximum absolute atomic E-state index is 12.1. The first-order chi connectivity index (χ1) is 9.73. The molecule has 6 nitrogen and oxygen atoms in total. The molecular weight excluding hydrogens is 270 g/mol. The van der Waals surface area contributed by atoms with E-state index in [1.54, 1.807) is 18.7 Å². The van der Waals surface area contributed by atoms with Crippen molar-refractivity contribution in [2.45, 2.75) is 46.1 Å². The van der Waals surface area contributed by atoms with Crippen molar-refractivity contribution >= 4 is 5.91 Å². The molecule has 0 aliphatic carbocycles. The smallest absolute Gasteiger partial charge is 0.254 e. The number of hydrogen-bond donors (Lipinski definition) is 2. The second-order valence-corrected chi connectivity index (χ2v) is 6.22. The van der Waals surface area contributed by atoms with Gasteiger partial charge in [-0.05, 0) is 26.2 Å². The predicted octanol–water partition coefficient (Wildman–Crippen LogP) is 0.549. The van der Waals surface area contributed by atoms with Gasteiger partial charge in [-0.25, -0.2) is 4.98 Å². The lowest BCUT2D eigenvalue weighted by Gasteiger charge is -2.49. The maximum Gasteiger partial charge on any atom is 0.254 e. The van der Waals surface area contributed by atoms with Crippen molar-refractivity contribution in [2.24, 2.45) is 5.92 Å². The number of aliphatic hydroxyl groups is 1. The Morgan fingerprint density at radius 1 is 1.43 bits per heavy atom. The topological polar surface area (TPSA) is 86.3 Å². The maximum atomic E-state index is 12.1. The Kier molecular flexibility index (Phi) is 4.18. The average Bonchev–Trinajstić information content (AvgIpc) is 2.32. The van der Waals surface area contributed by atoms with Gasteiger partial charge in [0.2, 0.25) is 5.91 Å². The van der Waals surface area contributed by atoms with Crippen LogP contribution in [0, 0.1) is 19.8 Å². The Labute approximate surface area is 124 Å². The van der Waals surface area contributed by atoms with E-state index in [1.807, 2.05) is 13.8 Å². The number of β-amino-alcohol motifs (C(OH)–C–C–N with tert-alkyl or cyclic N) is 1. The minimum absolute atomic E-state index is 0.0281. The van der Waals surface area contributed by atoms with Crippen LogP contribution in [0.25, 0.3) is 0 Å². The van der Waals surface area contributed by atoms with Crippen LogP contribution < -0.4 is 5.56 Å². The lowest BCUT2D eigenvalue weighted by Crippen LogP contribution is -2.66. The van der Waals surface area contributed by atoms with E-state index in [0.717, 1.165) is 0 Å². The van der Waals surface area contributed by atoms with Crippen LogP contribution >= 0.6 is 0 Å². The van der Waals surface area contributed by atoms with E-state index in [0.29, 0.717) is 36.6 Å². The molecule has 1 saturated heterocycles. The Morgan fingerprint density at radius 3 is 2.57 bits per heavy atom. The van der Waals surface area contributed by atoms with E-state index in [1.165, 1.54) is 0 Å². The van der Waals surface area contributed by atoms with Crippen LogP contribution in [0.2, 0.25) is 0 Å². The summed E-state index contributed by atoms with van der Waals surface area (Å²) < 4.78 is 0. The van der Waals surface area contributed by atoms with Crippen LogP contribution in [0.3, 0.4) is 0 Å². The van der Waals surface area contributed by atoms with Crippen LogP contribution in [0.15, 0.2) is 4.79 Å². The molecule has 116 valence electrons. The molecule has 0 radical (unpaired) electrons. The summed E-state index contributed by atoms with van der Waals surface area (Å²) in [5.74, 6) is 0.685. The zero-order valence-corrected chi connectivity index (χ0v) is 13.1. The lowest BCUT2D eigenvalue weighted by atomic mass is 9.83. The molecular formula is C15H23N3O3. The van der Waals surface area contributed by atoms with Crippen LogP contribution in [-0.4, -0.2) is 44.6 Å². The number of amides is 1. The van der Waals surface area contributed by atoms with E-state index < -0.39 is 5.60 Å². The van der Waals surface area contributed by atoms with Gasteiger partial charge >= 0.3 is 0 Å². The zero-order valence-electron chi connectivity index (χ0n) is 13.1. The number of aryl methyl sites for hydroxylation is 2. The summed E-state index contributed by atoms with van der Waals surface area (Å²) in [6.45, 7) is 8.17. The summed E-state index contributed by atoms with van der Waals surface area (Å²) >= 11 is 0. The number of hydrogen-bond acceptors (Lipinski definition) is 4. The summed E-state index contributed by atoms with van der Waals surface area (Å²) in [6.07, 6.45) is 0.646. The van der Waals surface area contributed by atoms with E-state index in [9.17, 15) is 14.7 Å². The molecule has 0 spiro atoms. The minimum Gasteiger partial charge on any atom is -0.386 e. The Hall–Kier alpha value is -1.69. The van der Waals surface area contributed by atoms with Gasteiger partial charge < -0.3 is 15.0 Å².